The van der Waals surface area contributed by atoms with Gasteiger partial charge in [-0.2, -0.15) is 0 Å². The van der Waals surface area contributed by atoms with Gasteiger partial charge in [-0.15, -0.1) is 0 Å². The molecule has 2 atom stereocenters. The van der Waals surface area contributed by atoms with Gasteiger partial charge in [0.15, 0.2) is 0 Å². The molecule has 0 spiro atoms. The van der Waals surface area contributed by atoms with Crippen LogP contribution >= 0.6 is 0 Å². The minimum Gasteiger partial charge on any atom is -0.384 e. The second-order valence-electron chi connectivity index (χ2n) is 5.48. The lowest BCUT2D eigenvalue weighted by Gasteiger charge is -2.35. The number of nitrogens with one attached hydrogen (secondary N) is 1. The first-order chi connectivity index (χ1) is 8.65. The van der Waals surface area contributed by atoms with Crippen LogP contribution < -0.4 is 5.32 Å². The maximum atomic E-state index is 13.0. The number of hydrogen-bond donors (Lipinski definition) is 1. The maximum absolute atomic E-state index is 13.0. The van der Waals surface area contributed by atoms with E-state index in [1.165, 1.54) is 25.6 Å². The van der Waals surface area contributed by atoms with E-state index in [4.69, 9.17) is 0 Å². The third-order valence-corrected chi connectivity index (χ3v) is 4.00. The van der Waals surface area contributed by atoms with Crippen LogP contribution in [0.5, 0.6) is 0 Å². The van der Waals surface area contributed by atoms with Crippen molar-refractivity contribution in [3.05, 3.63) is 30.1 Å². The van der Waals surface area contributed by atoms with E-state index in [0.717, 1.165) is 30.6 Å². The third kappa shape index (κ3) is 3.70. The molecule has 18 heavy (non-hydrogen) atoms. The lowest BCUT2D eigenvalue weighted by atomic mass is 9.89. The lowest BCUT2D eigenvalue weighted by Crippen LogP contribution is -2.40. The quantitative estimate of drug-likeness (QED) is 0.882. The minimum atomic E-state index is -0.180. The largest absolute Gasteiger partial charge is 0.384 e. The fraction of sp³-hybridized carbons (Fsp3) is 0.600. The zero-order valence-corrected chi connectivity index (χ0v) is 11.3. The summed E-state index contributed by atoms with van der Waals surface area (Å²) in [5, 5.41) is 3.28. The molecule has 1 heterocycles. The third-order valence-electron chi connectivity index (χ3n) is 4.00. The van der Waals surface area contributed by atoms with Crippen LogP contribution in [0, 0.1) is 17.7 Å². The van der Waals surface area contributed by atoms with Gasteiger partial charge in [-0.25, -0.2) is 4.39 Å². The Hall–Kier alpha value is -1.09. The van der Waals surface area contributed by atoms with Gasteiger partial charge in [-0.05, 0) is 43.0 Å². The average Bonchev–Trinajstić information content (AvgIpc) is 2.34. The SMILES string of the molecule is CC1CCN(CCNc2cccc(F)c2)CC1C. The van der Waals surface area contributed by atoms with Crippen molar-refractivity contribution >= 4 is 5.69 Å². The van der Waals surface area contributed by atoms with Crippen LogP contribution in [-0.4, -0.2) is 31.1 Å². The number of piperidine rings is 1. The predicted molar refractivity (Wildman–Crippen MR) is 74.3 cm³/mol. The van der Waals surface area contributed by atoms with E-state index in [0.29, 0.717) is 0 Å². The Morgan fingerprint density at radius 2 is 2.17 bits per heavy atom. The monoisotopic (exact) mass is 250 g/mol. The van der Waals surface area contributed by atoms with Crippen LogP contribution in [0.2, 0.25) is 0 Å². The molecule has 1 aromatic rings. The highest BCUT2D eigenvalue weighted by molar-refractivity contribution is 5.42. The number of halogens is 1. The number of benzene rings is 1. The number of anilines is 1. The molecular formula is C15H23FN2. The molecule has 1 fully saturated rings. The second-order valence-corrected chi connectivity index (χ2v) is 5.48. The number of rotatable bonds is 4. The molecule has 2 rings (SSSR count). The Kier molecular flexibility index (Phi) is 4.59. The highest BCUT2D eigenvalue weighted by atomic mass is 19.1. The van der Waals surface area contributed by atoms with E-state index in [1.807, 2.05) is 6.07 Å². The summed E-state index contributed by atoms with van der Waals surface area (Å²) in [5.74, 6) is 1.45. The Balaban J connectivity index is 1.72. The summed E-state index contributed by atoms with van der Waals surface area (Å²) >= 11 is 0. The van der Waals surface area contributed by atoms with Gasteiger partial charge in [0.05, 0.1) is 0 Å². The zero-order chi connectivity index (χ0) is 13.0. The molecule has 0 saturated carbocycles. The van der Waals surface area contributed by atoms with Gasteiger partial charge in [0.2, 0.25) is 0 Å². The topological polar surface area (TPSA) is 15.3 Å². The van der Waals surface area contributed by atoms with E-state index < -0.39 is 0 Å². The Bertz CT molecular complexity index is 381. The first kappa shape index (κ1) is 13.3. The standard InChI is InChI=1S/C15H23FN2/c1-12-6-8-18(11-13(12)2)9-7-17-15-5-3-4-14(16)10-15/h3-5,10,12-13,17H,6-9,11H2,1-2H3. The van der Waals surface area contributed by atoms with Crippen molar-refractivity contribution in [1.29, 1.82) is 0 Å². The van der Waals surface area contributed by atoms with E-state index >= 15 is 0 Å². The van der Waals surface area contributed by atoms with Crippen molar-refractivity contribution in [3.63, 3.8) is 0 Å². The van der Waals surface area contributed by atoms with E-state index in [1.54, 1.807) is 12.1 Å². The van der Waals surface area contributed by atoms with Crippen LogP contribution in [0.25, 0.3) is 0 Å². The molecule has 0 aromatic heterocycles. The molecule has 0 aliphatic carbocycles. The van der Waals surface area contributed by atoms with Gasteiger partial charge in [0.25, 0.3) is 0 Å². The molecule has 1 aromatic carbocycles. The van der Waals surface area contributed by atoms with Crippen molar-refractivity contribution in [1.82, 2.24) is 4.90 Å². The molecule has 100 valence electrons. The Morgan fingerprint density at radius 3 is 2.89 bits per heavy atom. The first-order valence-electron chi connectivity index (χ1n) is 6.87. The predicted octanol–water partition coefficient (Wildman–Crippen LogP) is 3.22. The van der Waals surface area contributed by atoms with Gasteiger partial charge in [-0.1, -0.05) is 19.9 Å². The fourth-order valence-electron chi connectivity index (χ4n) is 2.51. The number of nitrogens with zero attached hydrogens (tertiary/aromatic N) is 1. The van der Waals surface area contributed by atoms with Crippen molar-refractivity contribution in [2.24, 2.45) is 11.8 Å². The fourth-order valence-corrected chi connectivity index (χ4v) is 2.51. The molecule has 3 heteroatoms. The van der Waals surface area contributed by atoms with Crippen LogP contribution in [-0.2, 0) is 0 Å². The maximum Gasteiger partial charge on any atom is 0.125 e. The average molecular weight is 250 g/mol. The normalized spacial score (nSPS) is 25.1. The minimum absolute atomic E-state index is 0.180. The van der Waals surface area contributed by atoms with Crippen molar-refractivity contribution in [2.75, 3.05) is 31.5 Å². The molecule has 1 aliphatic heterocycles. The summed E-state index contributed by atoms with van der Waals surface area (Å²) < 4.78 is 13.0. The van der Waals surface area contributed by atoms with Crippen molar-refractivity contribution < 1.29 is 4.39 Å². The van der Waals surface area contributed by atoms with E-state index in [2.05, 4.69) is 24.1 Å². The molecule has 1 saturated heterocycles. The zero-order valence-electron chi connectivity index (χ0n) is 11.3. The summed E-state index contributed by atoms with van der Waals surface area (Å²) in [6.45, 7) is 8.96. The van der Waals surface area contributed by atoms with Crippen LogP contribution in [0.1, 0.15) is 20.3 Å². The highest BCUT2D eigenvalue weighted by Crippen LogP contribution is 2.22. The van der Waals surface area contributed by atoms with Crippen molar-refractivity contribution in [3.8, 4) is 0 Å². The van der Waals surface area contributed by atoms with Gasteiger partial charge in [0.1, 0.15) is 5.82 Å². The number of hydrogen-bond acceptors (Lipinski definition) is 2. The second kappa shape index (κ2) is 6.19. The molecular weight excluding hydrogens is 227 g/mol. The summed E-state index contributed by atoms with van der Waals surface area (Å²) in [6.07, 6.45) is 1.29. The molecule has 0 radical (unpaired) electrons. The molecule has 0 amide bonds. The van der Waals surface area contributed by atoms with Gasteiger partial charge >= 0.3 is 0 Å². The highest BCUT2D eigenvalue weighted by Gasteiger charge is 2.21. The molecule has 1 N–H and O–H groups in total. The smallest absolute Gasteiger partial charge is 0.125 e. The summed E-state index contributed by atoms with van der Waals surface area (Å²) in [5.41, 5.74) is 0.869. The van der Waals surface area contributed by atoms with Gasteiger partial charge in [0, 0.05) is 25.3 Å². The van der Waals surface area contributed by atoms with Crippen molar-refractivity contribution in [2.45, 2.75) is 20.3 Å². The molecule has 2 nitrogen and oxygen atoms in total. The number of likely N-dealkylation sites (tertiary alicyclic amines) is 1. The van der Waals surface area contributed by atoms with Crippen LogP contribution in [0.3, 0.4) is 0 Å². The summed E-state index contributed by atoms with van der Waals surface area (Å²) in [4.78, 5) is 2.50. The van der Waals surface area contributed by atoms with Gasteiger partial charge < -0.3 is 10.2 Å². The van der Waals surface area contributed by atoms with Gasteiger partial charge in [-0.3, -0.25) is 0 Å². The summed E-state index contributed by atoms with van der Waals surface area (Å²) in [7, 11) is 0. The Labute approximate surface area is 109 Å². The molecule has 0 bridgehead atoms. The molecule has 1 aliphatic rings. The Morgan fingerprint density at radius 1 is 1.33 bits per heavy atom. The van der Waals surface area contributed by atoms with Crippen LogP contribution in [0.15, 0.2) is 24.3 Å². The van der Waals surface area contributed by atoms with E-state index in [-0.39, 0.29) is 5.82 Å². The van der Waals surface area contributed by atoms with Crippen LogP contribution in [0.4, 0.5) is 10.1 Å². The van der Waals surface area contributed by atoms with E-state index in [9.17, 15) is 4.39 Å². The molecule has 2 unspecified atom stereocenters. The summed E-state index contributed by atoms with van der Waals surface area (Å²) in [6, 6.07) is 6.66. The first-order valence-corrected chi connectivity index (χ1v) is 6.87. The lowest BCUT2D eigenvalue weighted by molar-refractivity contribution is 0.143.